The van der Waals surface area contributed by atoms with Crippen molar-refractivity contribution in [3.05, 3.63) is 53.6 Å². The molecular weight excluding hydrogens is 362 g/mol. The van der Waals surface area contributed by atoms with Crippen molar-refractivity contribution < 1.29 is 13.2 Å². The topological polar surface area (TPSA) is 87.3 Å². The minimum absolute atomic E-state index is 0.163. The highest BCUT2D eigenvalue weighted by atomic mass is 32.2. The van der Waals surface area contributed by atoms with Gasteiger partial charge in [-0.1, -0.05) is 6.07 Å². The molecule has 0 radical (unpaired) electrons. The van der Waals surface area contributed by atoms with Gasteiger partial charge in [0.2, 0.25) is 15.9 Å². The van der Waals surface area contributed by atoms with E-state index in [-0.39, 0.29) is 16.8 Å². The smallest absolute Gasteiger partial charge is 0.246 e. The molecule has 1 atom stereocenters. The molecular formula is C20H27N3O3S. The number of hydrogen-bond acceptors (Lipinski definition) is 4. The Kier molecular flexibility index (Phi) is 6.62. The van der Waals surface area contributed by atoms with E-state index in [0.29, 0.717) is 5.69 Å². The van der Waals surface area contributed by atoms with E-state index >= 15 is 0 Å². The lowest BCUT2D eigenvalue weighted by atomic mass is 10.1. The van der Waals surface area contributed by atoms with Crippen LogP contribution >= 0.6 is 0 Å². The van der Waals surface area contributed by atoms with Gasteiger partial charge in [-0.15, -0.1) is 0 Å². The first-order valence-electron chi connectivity index (χ1n) is 8.85. The Morgan fingerprint density at radius 1 is 0.889 bits per heavy atom. The van der Waals surface area contributed by atoms with Gasteiger partial charge >= 0.3 is 0 Å². The van der Waals surface area contributed by atoms with Crippen molar-refractivity contribution >= 4 is 27.3 Å². The van der Waals surface area contributed by atoms with Gasteiger partial charge in [-0.3, -0.25) is 4.79 Å². The Hall–Kier alpha value is -2.38. The van der Waals surface area contributed by atoms with Crippen LogP contribution in [0.3, 0.4) is 0 Å². The van der Waals surface area contributed by atoms with Crippen molar-refractivity contribution in [2.75, 3.05) is 10.6 Å². The lowest BCUT2D eigenvalue weighted by Gasteiger charge is -2.16. The molecule has 2 rings (SSSR count). The largest absolute Gasteiger partial charge is 0.374 e. The predicted molar refractivity (Wildman–Crippen MR) is 110 cm³/mol. The summed E-state index contributed by atoms with van der Waals surface area (Å²) < 4.78 is 26.8. The zero-order valence-electron chi connectivity index (χ0n) is 16.3. The van der Waals surface area contributed by atoms with Crippen LogP contribution in [-0.2, 0) is 14.8 Å². The molecule has 0 saturated carbocycles. The first-order chi connectivity index (χ1) is 12.6. The van der Waals surface area contributed by atoms with E-state index in [1.165, 1.54) is 12.1 Å². The van der Waals surface area contributed by atoms with Crippen molar-refractivity contribution in [1.29, 1.82) is 0 Å². The minimum Gasteiger partial charge on any atom is -0.374 e. The van der Waals surface area contributed by atoms with Crippen LogP contribution in [0.25, 0.3) is 0 Å². The highest BCUT2D eigenvalue weighted by molar-refractivity contribution is 7.89. The van der Waals surface area contributed by atoms with E-state index in [4.69, 9.17) is 0 Å². The monoisotopic (exact) mass is 389 g/mol. The van der Waals surface area contributed by atoms with Crippen LogP contribution in [-0.4, -0.2) is 26.4 Å². The summed E-state index contributed by atoms with van der Waals surface area (Å²) in [7, 11) is -3.55. The summed E-state index contributed by atoms with van der Waals surface area (Å²) >= 11 is 0. The average molecular weight is 390 g/mol. The van der Waals surface area contributed by atoms with Gasteiger partial charge in [0.25, 0.3) is 0 Å². The molecule has 0 bridgehead atoms. The molecule has 0 heterocycles. The zero-order chi connectivity index (χ0) is 20.2. The van der Waals surface area contributed by atoms with Gasteiger partial charge in [0.05, 0.1) is 4.90 Å². The molecule has 0 unspecified atom stereocenters. The summed E-state index contributed by atoms with van der Waals surface area (Å²) in [5.41, 5.74) is 3.67. The fourth-order valence-electron chi connectivity index (χ4n) is 2.72. The van der Waals surface area contributed by atoms with Crippen LogP contribution in [0.2, 0.25) is 0 Å². The highest BCUT2D eigenvalue weighted by Gasteiger charge is 2.16. The van der Waals surface area contributed by atoms with Crippen LogP contribution in [0.15, 0.2) is 47.4 Å². The van der Waals surface area contributed by atoms with Crippen LogP contribution in [0.1, 0.15) is 31.9 Å². The van der Waals surface area contributed by atoms with E-state index in [1.54, 1.807) is 32.9 Å². The lowest BCUT2D eigenvalue weighted by Crippen LogP contribution is -2.32. The zero-order valence-corrected chi connectivity index (χ0v) is 17.1. The summed E-state index contributed by atoms with van der Waals surface area (Å²) in [5, 5.41) is 5.98. The number of nitrogens with one attached hydrogen (secondary N) is 3. The third-order valence-corrected chi connectivity index (χ3v) is 5.50. The molecule has 0 spiro atoms. The van der Waals surface area contributed by atoms with Gasteiger partial charge in [0.15, 0.2) is 0 Å². The lowest BCUT2D eigenvalue weighted by molar-refractivity contribution is -0.116. The fraction of sp³-hybridized carbons (Fsp3) is 0.350. The average Bonchev–Trinajstić information content (AvgIpc) is 2.53. The Balaban J connectivity index is 2.02. The van der Waals surface area contributed by atoms with Crippen molar-refractivity contribution in [3.8, 4) is 0 Å². The normalized spacial score (nSPS) is 12.7. The van der Waals surface area contributed by atoms with Crippen molar-refractivity contribution in [2.24, 2.45) is 0 Å². The second-order valence-electron chi connectivity index (χ2n) is 7.03. The highest BCUT2D eigenvalue weighted by Crippen LogP contribution is 2.17. The van der Waals surface area contributed by atoms with E-state index in [9.17, 15) is 13.2 Å². The Morgan fingerprint density at radius 3 is 1.96 bits per heavy atom. The SMILES string of the molecule is Cc1cc(C)cc(N[C@H](C)C(=O)Nc2ccc(S(=O)(=O)NC(C)C)cc2)c1. The quantitative estimate of drug-likeness (QED) is 0.677. The fourth-order valence-corrected chi connectivity index (χ4v) is 3.97. The van der Waals surface area contributed by atoms with Crippen molar-refractivity contribution in [1.82, 2.24) is 4.72 Å². The summed E-state index contributed by atoms with van der Waals surface area (Å²) in [6.45, 7) is 9.31. The molecule has 0 aliphatic carbocycles. The molecule has 0 fully saturated rings. The number of carbonyl (C=O) groups excluding carboxylic acids is 1. The number of rotatable bonds is 7. The maximum atomic E-state index is 12.4. The standard InChI is InChI=1S/C20H27N3O3S/c1-13(2)23-27(25,26)19-8-6-17(7-9-19)22-20(24)16(5)21-18-11-14(3)10-15(4)12-18/h6-13,16,21,23H,1-5H3,(H,22,24)/t16-/m1/s1. The van der Waals surface area contributed by atoms with Crippen LogP contribution in [0.5, 0.6) is 0 Å². The third-order valence-electron chi connectivity index (χ3n) is 3.82. The number of carbonyl (C=O) groups is 1. The second-order valence-corrected chi connectivity index (χ2v) is 8.75. The maximum absolute atomic E-state index is 12.4. The predicted octanol–water partition coefficient (Wildman–Crippen LogP) is 3.43. The van der Waals surface area contributed by atoms with Crippen molar-refractivity contribution in [2.45, 2.75) is 51.6 Å². The van der Waals surface area contributed by atoms with E-state index in [0.717, 1.165) is 16.8 Å². The first-order valence-corrected chi connectivity index (χ1v) is 10.3. The number of sulfonamides is 1. The molecule has 2 aromatic rings. The molecule has 6 nitrogen and oxygen atoms in total. The molecule has 7 heteroatoms. The second kappa shape index (κ2) is 8.54. The molecule has 1 amide bonds. The van der Waals surface area contributed by atoms with E-state index in [1.807, 2.05) is 26.0 Å². The molecule has 2 aromatic carbocycles. The van der Waals surface area contributed by atoms with Crippen LogP contribution < -0.4 is 15.4 Å². The van der Waals surface area contributed by atoms with E-state index < -0.39 is 16.1 Å². The summed E-state index contributed by atoms with van der Waals surface area (Å²) in [4.78, 5) is 12.6. The van der Waals surface area contributed by atoms with Crippen molar-refractivity contribution in [3.63, 3.8) is 0 Å². The van der Waals surface area contributed by atoms with Crippen LogP contribution in [0.4, 0.5) is 11.4 Å². The molecule has 0 saturated heterocycles. The molecule has 0 aromatic heterocycles. The number of hydrogen-bond donors (Lipinski definition) is 3. The number of amides is 1. The minimum atomic E-state index is -3.55. The Labute approximate surface area is 161 Å². The maximum Gasteiger partial charge on any atom is 0.246 e. The number of benzene rings is 2. The van der Waals surface area contributed by atoms with Gasteiger partial charge < -0.3 is 10.6 Å². The van der Waals surface area contributed by atoms with Gasteiger partial charge in [0, 0.05) is 17.4 Å². The summed E-state index contributed by atoms with van der Waals surface area (Å²) in [5.74, 6) is -0.204. The van der Waals surface area contributed by atoms with Gasteiger partial charge in [0.1, 0.15) is 6.04 Å². The molecule has 0 aliphatic rings. The van der Waals surface area contributed by atoms with Gasteiger partial charge in [-0.05, 0) is 82.1 Å². The van der Waals surface area contributed by atoms with Crippen LogP contribution in [0, 0.1) is 13.8 Å². The van der Waals surface area contributed by atoms with E-state index in [2.05, 4.69) is 21.4 Å². The Morgan fingerprint density at radius 2 is 1.44 bits per heavy atom. The molecule has 3 N–H and O–H groups in total. The van der Waals surface area contributed by atoms with Gasteiger partial charge in [-0.2, -0.15) is 0 Å². The molecule has 27 heavy (non-hydrogen) atoms. The molecule has 146 valence electrons. The summed E-state index contributed by atoms with van der Waals surface area (Å²) in [6, 6.07) is 11.5. The Bertz CT molecular complexity index is 886. The molecule has 0 aliphatic heterocycles. The number of anilines is 2. The van der Waals surface area contributed by atoms with Gasteiger partial charge in [-0.25, -0.2) is 13.1 Å². The first kappa shape index (κ1) is 20.9. The third kappa shape index (κ3) is 6.08. The summed E-state index contributed by atoms with van der Waals surface area (Å²) in [6.07, 6.45) is 0. The number of aryl methyl sites for hydroxylation is 2.